The predicted octanol–water partition coefficient (Wildman–Crippen LogP) is 3.80. The van der Waals surface area contributed by atoms with Crippen LogP contribution < -0.4 is 0 Å². The lowest BCUT2D eigenvalue weighted by Crippen LogP contribution is -2.46. The van der Waals surface area contributed by atoms with Crippen LogP contribution >= 0.6 is 27.5 Å². The summed E-state index contributed by atoms with van der Waals surface area (Å²) in [6, 6.07) is 12.8. The van der Waals surface area contributed by atoms with Crippen molar-refractivity contribution in [1.29, 1.82) is 0 Å². The molecule has 1 amide bonds. The molecule has 1 N–H and O–H groups in total. The molecule has 31 heavy (non-hydrogen) atoms. The maximum atomic E-state index is 13.4. The van der Waals surface area contributed by atoms with E-state index in [0.717, 1.165) is 10.0 Å². The number of nitrogens with zero attached hydrogens (tertiary/aromatic N) is 1. The number of carboxylic acid groups (broad SMARTS) is 1. The standard InChI is InChI=1S/C22H21BrClNO5S/c23-16-5-1-14(2-6-16)13-31(29,30)18-11-19(20(26)27)25(12-18)21(28)22(9-10-22)15-3-7-17(24)8-4-15/h1-8,18-19H,9-13H2,(H,26,27)/t18-,19-/m1/s1. The third-order valence-corrected chi connectivity index (χ3v) is 9.03. The third kappa shape index (κ3) is 4.38. The van der Waals surface area contributed by atoms with Crippen LogP contribution in [0.4, 0.5) is 0 Å². The molecule has 2 aliphatic rings. The summed E-state index contributed by atoms with van der Waals surface area (Å²) < 4.78 is 26.9. The first-order valence-corrected chi connectivity index (χ1v) is 12.8. The lowest BCUT2D eigenvalue weighted by Gasteiger charge is -2.27. The van der Waals surface area contributed by atoms with Gasteiger partial charge in [-0.2, -0.15) is 0 Å². The smallest absolute Gasteiger partial charge is 0.326 e. The summed E-state index contributed by atoms with van der Waals surface area (Å²) in [4.78, 5) is 26.6. The normalized spacial score (nSPS) is 22.3. The van der Waals surface area contributed by atoms with Gasteiger partial charge in [-0.15, -0.1) is 0 Å². The number of benzene rings is 2. The Hall–Kier alpha value is -1.90. The maximum Gasteiger partial charge on any atom is 0.326 e. The Morgan fingerprint density at radius 3 is 2.26 bits per heavy atom. The van der Waals surface area contributed by atoms with E-state index in [0.29, 0.717) is 23.4 Å². The van der Waals surface area contributed by atoms with Gasteiger partial charge in [-0.05, 0) is 54.7 Å². The molecular weight excluding hydrogens is 506 g/mol. The van der Waals surface area contributed by atoms with Gasteiger partial charge < -0.3 is 10.0 Å². The maximum absolute atomic E-state index is 13.4. The van der Waals surface area contributed by atoms with Gasteiger partial charge in [0.2, 0.25) is 5.91 Å². The largest absolute Gasteiger partial charge is 0.480 e. The second kappa shape index (κ2) is 8.22. The van der Waals surface area contributed by atoms with Gasteiger partial charge in [0.15, 0.2) is 9.84 Å². The number of carbonyl (C=O) groups excluding carboxylic acids is 1. The number of sulfone groups is 1. The fourth-order valence-corrected chi connectivity index (χ4v) is 6.39. The van der Waals surface area contributed by atoms with Gasteiger partial charge in [-0.1, -0.05) is 51.8 Å². The molecule has 6 nitrogen and oxygen atoms in total. The second-order valence-corrected chi connectivity index (χ2v) is 11.8. The number of carbonyl (C=O) groups is 2. The summed E-state index contributed by atoms with van der Waals surface area (Å²) in [7, 11) is -3.64. The molecule has 0 radical (unpaired) electrons. The van der Waals surface area contributed by atoms with Crippen LogP contribution in [0.2, 0.25) is 5.02 Å². The van der Waals surface area contributed by atoms with Crippen LogP contribution in [-0.4, -0.2) is 48.1 Å². The SMILES string of the molecule is O=C(O)[C@H]1C[C@@H](S(=O)(=O)Cc2ccc(Br)cc2)CN1C(=O)C1(c2ccc(Cl)cc2)CC1. The van der Waals surface area contributed by atoms with Crippen LogP contribution in [0, 0.1) is 0 Å². The number of carboxylic acids is 1. The molecule has 2 atom stereocenters. The molecular formula is C22H21BrClNO5S. The molecule has 9 heteroatoms. The molecule has 0 spiro atoms. The monoisotopic (exact) mass is 525 g/mol. The highest BCUT2D eigenvalue weighted by atomic mass is 79.9. The van der Waals surface area contributed by atoms with E-state index in [9.17, 15) is 23.1 Å². The number of likely N-dealkylation sites (tertiary alicyclic amines) is 1. The molecule has 0 unspecified atom stereocenters. The van der Waals surface area contributed by atoms with Crippen molar-refractivity contribution in [2.24, 2.45) is 0 Å². The van der Waals surface area contributed by atoms with Gasteiger partial charge in [0.1, 0.15) is 6.04 Å². The van der Waals surface area contributed by atoms with Crippen LogP contribution in [0.15, 0.2) is 53.0 Å². The Kier molecular flexibility index (Phi) is 5.91. The van der Waals surface area contributed by atoms with Gasteiger partial charge in [-0.3, -0.25) is 4.79 Å². The zero-order chi connectivity index (χ0) is 22.4. The van der Waals surface area contributed by atoms with Crippen LogP contribution in [0.3, 0.4) is 0 Å². The minimum Gasteiger partial charge on any atom is -0.480 e. The van der Waals surface area contributed by atoms with Gasteiger partial charge in [0, 0.05) is 16.0 Å². The minimum absolute atomic E-state index is 0.101. The van der Waals surface area contributed by atoms with Crippen molar-refractivity contribution in [1.82, 2.24) is 4.90 Å². The van der Waals surface area contributed by atoms with E-state index in [2.05, 4.69) is 15.9 Å². The van der Waals surface area contributed by atoms with E-state index < -0.39 is 32.5 Å². The van der Waals surface area contributed by atoms with Gasteiger partial charge in [-0.25, -0.2) is 13.2 Å². The number of amides is 1. The van der Waals surface area contributed by atoms with E-state index in [1.807, 2.05) is 0 Å². The molecule has 2 aromatic rings. The zero-order valence-corrected chi connectivity index (χ0v) is 19.7. The molecule has 0 aromatic heterocycles. The Morgan fingerprint density at radius 1 is 1.10 bits per heavy atom. The number of rotatable bonds is 6. The summed E-state index contributed by atoms with van der Waals surface area (Å²) in [5.41, 5.74) is 0.620. The Morgan fingerprint density at radius 2 is 1.71 bits per heavy atom. The van der Waals surface area contributed by atoms with Crippen molar-refractivity contribution in [2.45, 2.75) is 41.7 Å². The summed E-state index contributed by atoms with van der Waals surface area (Å²) in [5.74, 6) is -1.69. The molecule has 2 aromatic carbocycles. The average Bonchev–Trinajstić information content (AvgIpc) is 3.39. The molecule has 1 saturated heterocycles. The third-order valence-electron chi connectivity index (χ3n) is 6.15. The molecule has 1 heterocycles. The first kappa shape index (κ1) is 22.3. The first-order chi connectivity index (χ1) is 14.6. The Balaban J connectivity index is 1.57. The summed E-state index contributed by atoms with van der Waals surface area (Å²) in [6.45, 7) is -0.107. The van der Waals surface area contributed by atoms with Crippen molar-refractivity contribution < 1.29 is 23.1 Å². The van der Waals surface area contributed by atoms with Crippen LogP contribution in [0.1, 0.15) is 30.4 Å². The van der Waals surface area contributed by atoms with Crippen molar-refractivity contribution in [2.75, 3.05) is 6.54 Å². The highest BCUT2D eigenvalue weighted by Gasteiger charge is 2.57. The average molecular weight is 527 g/mol. The molecule has 1 saturated carbocycles. The molecule has 1 aliphatic carbocycles. The lowest BCUT2D eigenvalue weighted by molar-refractivity contribution is -0.149. The van der Waals surface area contributed by atoms with E-state index in [4.69, 9.17) is 11.6 Å². The van der Waals surface area contributed by atoms with Crippen molar-refractivity contribution >= 4 is 49.2 Å². The van der Waals surface area contributed by atoms with E-state index in [1.54, 1.807) is 48.5 Å². The molecule has 4 rings (SSSR count). The fraction of sp³-hybridized carbons (Fsp3) is 0.364. The zero-order valence-electron chi connectivity index (χ0n) is 16.5. The summed E-state index contributed by atoms with van der Waals surface area (Å²) >= 11 is 9.28. The number of aliphatic carboxylic acids is 1. The van der Waals surface area contributed by atoms with Crippen LogP contribution in [0.25, 0.3) is 0 Å². The molecule has 0 bridgehead atoms. The predicted molar refractivity (Wildman–Crippen MR) is 121 cm³/mol. The van der Waals surface area contributed by atoms with Crippen molar-refractivity contribution in [3.63, 3.8) is 0 Å². The fourth-order valence-electron chi connectivity index (χ4n) is 4.24. The van der Waals surface area contributed by atoms with Gasteiger partial charge >= 0.3 is 5.97 Å². The molecule has 2 fully saturated rings. The highest BCUT2D eigenvalue weighted by Crippen LogP contribution is 2.50. The van der Waals surface area contributed by atoms with Crippen LogP contribution in [-0.2, 0) is 30.6 Å². The Bertz CT molecular complexity index is 1110. The number of halogens is 2. The van der Waals surface area contributed by atoms with Gasteiger partial charge in [0.05, 0.1) is 16.4 Å². The second-order valence-electron chi connectivity index (χ2n) is 8.19. The molecule has 1 aliphatic heterocycles. The van der Waals surface area contributed by atoms with E-state index >= 15 is 0 Å². The highest BCUT2D eigenvalue weighted by molar-refractivity contribution is 9.10. The van der Waals surface area contributed by atoms with Gasteiger partial charge in [0.25, 0.3) is 0 Å². The van der Waals surface area contributed by atoms with Crippen molar-refractivity contribution in [3.8, 4) is 0 Å². The number of hydrogen-bond donors (Lipinski definition) is 1. The van der Waals surface area contributed by atoms with Crippen LogP contribution in [0.5, 0.6) is 0 Å². The van der Waals surface area contributed by atoms with Crippen molar-refractivity contribution in [3.05, 3.63) is 69.2 Å². The summed E-state index contributed by atoms with van der Waals surface area (Å²) in [6.07, 6.45) is 1.11. The quantitative estimate of drug-likeness (QED) is 0.618. The Labute approximate surface area is 194 Å². The van der Waals surface area contributed by atoms with E-state index in [1.165, 1.54) is 4.90 Å². The van der Waals surface area contributed by atoms with E-state index in [-0.39, 0.29) is 24.6 Å². The first-order valence-electron chi connectivity index (χ1n) is 9.88. The number of hydrogen-bond acceptors (Lipinski definition) is 4. The lowest BCUT2D eigenvalue weighted by atomic mass is 9.94. The topological polar surface area (TPSA) is 91.8 Å². The summed E-state index contributed by atoms with van der Waals surface area (Å²) in [5, 5.41) is 9.35. The molecule has 164 valence electrons. The minimum atomic E-state index is -3.64.